The van der Waals surface area contributed by atoms with Gasteiger partial charge in [0.15, 0.2) is 0 Å². The maximum atomic E-state index is 14.0. The minimum absolute atomic E-state index is 0.0182. The van der Waals surface area contributed by atoms with Crippen LogP contribution in [-0.4, -0.2) is 35.1 Å². The molecule has 104 valence electrons. The molecule has 0 aromatic heterocycles. The first-order valence-corrected chi connectivity index (χ1v) is 7.30. The average Bonchev–Trinajstić information content (AvgIpc) is 2.42. The van der Waals surface area contributed by atoms with E-state index in [4.69, 9.17) is 5.11 Å². The summed E-state index contributed by atoms with van der Waals surface area (Å²) in [6.45, 7) is 0.685. The van der Waals surface area contributed by atoms with Gasteiger partial charge in [-0.2, -0.15) is 0 Å². The second-order valence-electron chi connectivity index (χ2n) is 4.76. The summed E-state index contributed by atoms with van der Waals surface area (Å²) in [6.07, 6.45) is 3.42. The van der Waals surface area contributed by atoms with E-state index in [9.17, 15) is 9.18 Å². The second-order valence-corrected chi connectivity index (χ2v) is 5.62. The van der Waals surface area contributed by atoms with Crippen molar-refractivity contribution in [2.75, 3.05) is 13.2 Å². The van der Waals surface area contributed by atoms with E-state index in [0.29, 0.717) is 17.4 Å². The summed E-state index contributed by atoms with van der Waals surface area (Å²) in [4.78, 5) is 14.1. The lowest BCUT2D eigenvalue weighted by atomic mass is 9.98. The molecule has 0 spiro atoms. The molecule has 0 bridgehead atoms. The maximum absolute atomic E-state index is 14.0. The molecule has 3 nitrogen and oxygen atoms in total. The zero-order chi connectivity index (χ0) is 13.8. The Kier molecular flexibility index (Phi) is 4.93. The van der Waals surface area contributed by atoms with Crippen molar-refractivity contribution in [2.45, 2.75) is 31.7 Å². The summed E-state index contributed by atoms with van der Waals surface area (Å²) >= 11 is 3.10. The number of aliphatic hydroxyl groups excluding tert-OH is 1. The molecule has 0 saturated carbocycles. The van der Waals surface area contributed by atoms with Gasteiger partial charge in [0.05, 0.1) is 10.0 Å². The van der Waals surface area contributed by atoms with Gasteiger partial charge in [0, 0.05) is 19.2 Å². The summed E-state index contributed by atoms with van der Waals surface area (Å²) in [5.74, 6) is -0.794. The Balaban J connectivity index is 2.23. The number of rotatable bonds is 3. The van der Waals surface area contributed by atoms with Crippen LogP contribution in [0.2, 0.25) is 0 Å². The van der Waals surface area contributed by atoms with Crippen molar-refractivity contribution in [2.24, 2.45) is 0 Å². The van der Waals surface area contributed by atoms with Crippen LogP contribution >= 0.6 is 15.9 Å². The lowest BCUT2D eigenvalue weighted by molar-refractivity contribution is 0.0570. The number of hydrogen-bond donors (Lipinski definition) is 1. The van der Waals surface area contributed by atoms with Gasteiger partial charge in [-0.25, -0.2) is 4.39 Å². The molecule has 1 heterocycles. The van der Waals surface area contributed by atoms with Crippen molar-refractivity contribution >= 4 is 21.8 Å². The molecule has 2 rings (SSSR count). The molecule has 1 aromatic rings. The van der Waals surface area contributed by atoms with Gasteiger partial charge < -0.3 is 10.0 Å². The zero-order valence-electron chi connectivity index (χ0n) is 10.6. The molecule has 0 radical (unpaired) electrons. The number of likely N-dealkylation sites (tertiary alicyclic amines) is 1. The van der Waals surface area contributed by atoms with E-state index >= 15 is 0 Å². The number of benzene rings is 1. The third kappa shape index (κ3) is 3.15. The highest BCUT2D eigenvalue weighted by Crippen LogP contribution is 2.25. The van der Waals surface area contributed by atoms with E-state index in [1.54, 1.807) is 17.0 Å². The molecule has 1 atom stereocenters. The standard InChI is InChI=1S/C14H17BrFNO2/c15-12-6-3-5-11(13(12)16)14(19)17-8-2-1-4-10(17)7-9-18/h3,5-6,10,18H,1-2,4,7-9H2. The molecule has 1 unspecified atom stereocenters. The molecule has 1 amide bonds. The van der Waals surface area contributed by atoms with Crippen molar-refractivity contribution in [3.05, 3.63) is 34.1 Å². The number of piperidine rings is 1. The number of amides is 1. The van der Waals surface area contributed by atoms with Crippen LogP contribution < -0.4 is 0 Å². The lowest BCUT2D eigenvalue weighted by Gasteiger charge is -2.35. The molecule has 1 aliphatic rings. The van der Waals surface area contributed by atoms with Crippen LogP contribution in [0.25, 0.3) is 0 Å². The van der Waals surface area contributed by atoms with E-state index in [0.717, 1.165) is 19.3 Å². The van der Waals surface area contributed by atoms with Crippen molar-refractivity contribution in [1.82, 2.24) is 4.90 Å². The van der Waals surface area contributed by atoms with Gasteiger partial charge in [0.25, 0.3) is 5.91 Å². The van der Waals surface area contributed by atoms with Crippen LogP contribution in [0.4, 0.5) is 4.39 Å². The Labute approximate surface area is 120 Å². The first-order valence-electron chi connectivity index (χ1n) is 6.51. The predicted octanol–water partition coefficient (Wildman–Crippen LogP) is 2.97. The van der Waals surface area contributed by atoms with Gasteiger partial charge in [0.1, 0.15) is 5.82 Å². The fourth-order valence-corrected chi connectivity index (χ4v) is 2.91. The molecule has 19 heavy (non-hydrogen) atoms. The quantitative estimate of drug-likeness (QED) is 0.926. The van der Waals surface area contributed by atoms with Crippen LogP contribution in [0.1, 0.15) is 36.0 Å². The smallest absolute Gasteiger partial charge is 0.257 e. The first kappa shape index (κ1) is 14.5. The average molecular weight is 330 g/mol. The highest BCUT2D eigenvalue weighted by atomic mass is 79.9. The van der Waals surface area contributed by atoms with Crippen molar-refractivity contribution in [3.8, 4) is 0 Å². The number of nitrogens with zero attached hydrogens (tertiary/aromatic N) is 1. The van der Waals surface area contributed by atoms with Crippen LogP contribution in [0.3, 0.4) is 0 Å². The third-order valence-electron chi connectivity index (χ3n) is 3.53. The highest BCUT2D eigenvalue weighted by Gasteiger charge is 2.28. The Morgan fingerprint density at radius 2 is 2.26 bits per heavy atom. The normalized spacial score (nSPS) is 19.5. The summed E-state index contributed by atoms with van der Waals surface area (Å²) in [5, 5.41) is 9.07. The topological polar surface area (TPSA) is 40.5 Å². The number of aliphatic hydroxyl groups is 1. The van der Waals surface area contributed by atoms with Crippen LogP contribution in [0.5, 0.6) is 0 Å². The van der Waals surface area contributed by atoms with E-state index in [1.807, 2.05) is 0 Å². The zero-order valence-corrected chi connectivity index (χ0v) is 12.2. The summed E-state index contributed by atoms with van der Waals surface area (Å²) < 4.78 is 14.3. The number of hydrogen-bond acceptors (Lipinski definition) is 2. The van der Waals surface area contributed by atoms with Crippen molar-refractivity contribution in [3.63, 3.8) is 0 Å². The Bertz CT molecular complexity index is 465. The predicted molar refractivity (Wildman–Crippen MR) is 74.5 cm³/mol. The van der Waals surface area contributed by atoms with E-state index in [-0.39, 0.29) is 24.1 Å². The van der Waals surface area contributed by atoms with Gasteiger partial charge in [-0.15, -0.1) is 0 Å². The summed E-state index contributed by atoms with van der Waals surface area (Å²) in [5.41, 5.74) is 0.0965. The summed E-state index contributed by atoms with van der Waals surface area (Å²) in [6, 6.07) is 4.76. The van der Waals surface area contributed by atoms with Gasteiger partial charge in [-0.3, -0.25) is 4.79 Å². The first-order chi connectivity index (χ1) is 9.15. The second kappa shape index (κ2) is 6.48. The maximum Gasteiger partial charge on any atom is 0.257 e. The van der Waals surface area contributed by atoms with Crippen molar-refractivity contribution in [1.29, 1.82) is 0 Å². The molecular formula is C14H17BrFNO2. The monoisotopic (exact) mass is 329 g/mol. The van der Waals surface area contributed by atoms with Gasteiger partial charge in [-0.05, 0) is 53.7 Å². The Hall–Kier alpha value is -0.940. The summed E-state index contributed by atoms with van der Waals surface area (Å²) in [7, 11) is 0. The van der Waals surface area contributed by atoms with Gasteiger partial charge in [0.2, 0.25) is 0 Å². The molecule has 1 aliphatic heterocycles. The number of halogens is 2. The third-order valence-corrected chi connectivity index (χ3v) is 4.14. The van der Waals surface area contributed by atoms with Crippen LogP contribution in [0, 0.1) is 5.82 Å². The van der Waals surface area contributed by atoms with E-state index in [2.05, 4.69) is 15.9 Å². The molecule has 5 heteroatoms. The van der Waals surface area contributed by atoms with E-state index in [1.165, 1.54) is 6.07 Å². The molecule has 1 aromatic carbocycles. The largest absolute Gasteiger partial charge is 0.396 e. The van der Waals surface area contributed by atoms with Gasteiger partial charge in [-0.1, -0.05) is 6.07 Å². The Morgan fingerprint density at radius 3 is 3.00 bits per heavy atom. The molecule has 1 saturated heterocycles. The molecule has 0 aliphatic carbocycles. The van der Waals surface area contributed by atoms with Gasteiger partial charge >= 0.3 is 0 Å². The minimum Gasteiger partial charge on any atom is -0.396 e. The minimum atomic E-state index is -0.513. The van der Waals surface area contributed by atoms with E-state index < -0.39 is 5.82 Å². The van der Waals surface area contributed by atoms with Crippen LogP contribution in [-0.2, 0) is 0 Å². The fraction of sp³-hybridized carbons (Fsp3) is 0.500. The van der Waals surface area contributed by atoms with Crippen molar-refractivity contribution < 1.29 is 14.3 Å². The molecule has 1 fully saturated rings. The Morgan fingerprint density at radius 1 is 1.47 bits per heavy atom. The highest BCUT2D eigenvalue weighted by molar-refractivity contribution is 9.10. The fourth-order valence-electron chi connectivity index (χ4n) is 2.54. The van der Waals surface area contributed by atoms with Crippen LogP contribution in [0.15, 0.2) is 22.7 Å². The number of carbonyl (C=O) groups is 1. The lowest BCUT2D eigenvalue weighted by Crippen LogP contribution is -2.44. The number of carbonyl (C=O) groups excluding carboxylic acids is 1. The molecular weight excluding hydrogens is 313 g/mol. The molecule has 1 N–H and O–H groups in total. The SMILES string of the molecule is O=C(c1cccc(Br)c1F)N1CCCCC1CCO.